The lowest BCUT2D eigenvalue weighted by atomic mass is 10.1. The molecular weight excluding hydrogens is 236 g/mol. The third-order valence-corrected chi connectivity index (χ3v) is 2.86. The maximum absolute atomic E-state index is 11.2. The first kappa shape index (κ1) is 12.3. The Morgan fingerprint density at radius 2 is 2.00 bits per heavy atom. The molecule has 86 valence electrons. The molecule has 1 aromatic carbocycles. The highest BCUT2D eigenvalue weighted by molar-refractivity contribution is 7.89. The fourth-order valence-corrected chi connectivity index (χ4v) is 2.18. The van der Waals surface area contributed by atoms with Gasteiger partial charge in [-0.15, -0.1) is 0 Å². The van der Waals surface area contributed by atoms with Gasteiger partial charge < -0.3 is 0 Å². The summed E-state index contributed by atoms with van der Waals surface area (Å²) in [5, 5.41) is 15.5. The third-order valence-electron chi connectivity index (χ3n) is 1.85. The Labute approximate surface area is 91.1 Å². The number of benzene rings is 1. The summed E-state index contributed by atoms with van der Waals surface area (Å²) >= 11 is 0. The first-order valence-corrected chi connectivity index (χ1v) is 5.59. The summed E-state index contributed by atoms with van der Waals surface area (Å²) in [7, 11) is -4.31. The lowest BCUT2D eigenvalue weighted by Crippen LogP contribution is -2.16. The maximum atomic E-state index is 11.2. The van der Waals surface area contributed by atoms with E-state index in [0.717, 1.165) is 6.07 Å². The predicted molar refractivity (Wildman–Crippen MR) is 54.6 cm³/mol. The summed E-state index contributed by atoms with van der Waals surface area (Å²) in [5.41, 5.74) is -0.597. The van der Waals surface area contributed by atoms with Gasteiger partial charge in [0.15, 0.2) is 11.2 Å². The molecule has 0 amide bonds. The van der Waals surface area contributed by atoms with Gasteiger partial charge in [-0.05, 0) is 18.6 Å². The van der Waals surface area contributed by atoms with Crippen LogP contribution in [0.15, 0.2) is 17.0 Å². The fourth-order valence-electron chi connectivity index (χ4n) is 1.31. The molecule has 1 aromatic rings. The van der Waals surface area contributed by atoms with Crippen LogP contribution >= 0.6 is 0 Å². The van der Waals surface area contributed by atoms with Crippen LogP contribution in [-0.2, 0) is 10.0 Å². The number of nitro benzene ring substituents is 1. The van der Waals surface area contributed by atoms with Crippen molar-refractivity contribution in [3.63, 3.8) is 0 Å². The van der Waals surface area contributed by atoms with Crippen LogP contribution in [0.4, 0.5) is 5.69 Å². The van der Waals surface area contributed by atoms with Crippen molar-refractivity contribution in [3.05, 3.63) is 33.4 Å². The number of nitro groups is 1. The molecule has 0 aliphatic rings. The molecule has 0 fully saturated rings. The maximum Gasteiger partial charge on any atom is 0.290 e. The lowest BCUT2D eigenvalue weighted by Gasteiger charge is -2.04. The topological polar surface area (TPSA) is 120 Å². The normalized spacial score (nSPS) is 11.1. The number of aldehydes is 1. The molecular formula is C8H8N2O5S. The van der Waals surface area contributed by atoms with Crippen molar-refractivity contribution in [3.8, 4) is 0 Å². The molecule has 0 saturated heterocycles. The molecule has 0 aliphatic carbocycles. The highest BCUT2D eigenvalue weighted by Crippen LogP contribution is 2.27. The molecule has 0 radical (unpaired) electrons. The average Bonchev–Trinajstić information content (AvgIpc) is 2.14. The average molecular weight is 244 g/mol. The van der Waals surface area contributed by atoms with E-state index in [2.05, 4.69) is 0 Å². The number of primary sulfonamides is 1. The number of hydrogen-bond donors (Lipinski definition) is 1. The SMILES string of the molecule is Cc1cc(C=O)c(S(N)(=O)=O)c([N+](=O)[O-])c1. The lowest BCUT2D eigenvalue weighted by molar-refractivity contribution is -0.387. The second-order valence-corrected chi connectivity index (χ2v) is 4.62. The van der Waals surface area contributed by atoms with Gasteiger partial charge in [0.1, 0.15) is 0 Å². The van der Waals surface area contributed by atoms with Crippen molar-refractivity contribution in [1.29, 1.82) is 0 Å². The minimum absolute atomic E-state index is 0.222. The number of aryl methyl sites for hydroxylation is 1. The molecule has 0 bridgehead atoms. The largest absolute Gasteiger partial charge is 0.298 e. The number of sulfonamides is 1. The van der Waals surface area contributed by atoms with Gasteiger partial charge in [-0.2, -0.15) is 0 Å². The van der Waals surface area contributed by atoms with E-state index >= 15 is 0 Å². The molecule has 16 heavy (non-hydrogen) atoms. The summed E-state index contributed by atoms with van der Waals surface area (Å²) in [4.78, 5) is 19.7. The third kappa shape index (κ3) is 2.23. The number of hydrogen-bond acceptors (Lipinski definition) is 5. The molecule has 0 unspecified atom stereocenters. The standard InChI is InChI=1S/C8H8N2O5S/c1-5-2-6(4-11)8(16(9,14)15)7(3-5)10(12)13/h2-4H,1H3,(H2,9,14,15). The van der Waals surface area contributed by atoms with E-state index in [0.29, 0.717) is 5.56 Å². The number of carbonyl (C=O) groups is 1. The Morgan fingerprint density at radius 3 is 2.38 bits per heavy atom. The van der Waals surface area contributed by atoms with Crippen molar-refractivity contribution >= 4 is 22.0 Å². The number of nitrogens with zero attached hydrogens (tertiary/aromatic N) is 1. The van der Waals surface area contributed by atoms with Crippen LogP contribution in [0.2, 0.25) is 0 Å². The molecule has 2 N–H and O–H groups in total. The predicted octanol–water partition coefficient (Wildman–Crippen LogP) is 0.363. The molecule has 0 spiro atoms. The van der Waals surface area contributed by atoms with Crippen LogP contribution < -0.4 is 5.14 Å². The van der Waals surface area contributed by atoms with E-state index < -0.39 is 25.5 Å². The number of carbonyl (C=O) groups excluding carboxylic acids is 1. The van der Waals surface area contributed by atoms with E-state index in [1.54, 1.807) is 0 Å². The second-order valence-electron chi connectivity index (χ2n) is 3.12. The van der Waals surface area contributed by atoms with Crippen molar-refractivity contribution in [2.45, 2.75) is 11.8 Å². The van der Waals surface area contributed by atoms with Crippen LogP contribution in [0.25, 0.3) is 0 Å². The van der Waals surface area contributed by atoms with Crippen molar-refractivity contribution in [2.24, 2.45) is 5.14 Å². The summed E-state index contributed by atoms with van der Waals surface area (Å²) < 4.78 is 22.3. The summed E-state index contributed by atoms with van der Waals surface area (Å²) in [6, 6.07) is 2.27. The first-order chi connectivity index (χ1) is 7.27. The minimum Gasteiger partial charge on any atom is -0.298 e. The van der Waals surface area contributed by atoms with E-state index in [1.165, 1.54) is 13.0 Å². The van der Waals surface area contributed by atoms with Gasteiger partial charge in [-0.25, -0.2) is 13.6 Å². The summed E-state index contributed by atoms with van der Waals surface area (Å²) in [6.45, 7) is 1.51. The molecule has 0 aromatic heterocycles. The molecule has 0 heterocycles. The van der Waals surface area contributed by atoms with Gasteiger partial charge in [0.2, 0.25) is 10.0 Å². The second kappa shape index (κ2) is 3.99. The Bertz CT molecular complexity index is 564. The van der Waals surface area contributed by atoms with Crippen LogP contribution in [0.5, 0.6) is 0 Å². The van der Waals surface area contributed by atoms with Crippen molar-refractivity contribution in [2.75, 3.05) is 0 Å². The molecule has 0 saturated carbocycles. The first-order valence-electron chi connectivity index (χ1n) is 4.04. The van der Waals surface area contributed by atoms with E-state index in [9.17, 15) is 23.3 Å². The van der Waals surface area contributed by atoms with Crippen molar-refractivity contribution < 1.29 is 18.1 Å². The zero-order chi connectivity index (χ0) is 12.5. The highest BCUT2D eigenvalue weighted by atomic mass is 32.2. The summed E-state index contributed by atoms with van der Waals surface area (Å²) in [5.74, 6) is 0. The number of nitrogens with two attached hydrogens (primary N) is 1. The Kier molecular flexibility index (Phi) is 3.06. The van der Waals surface area contributed by atoms with Crippen LogP contribution in [0.3, 0.4) is 0 Å². The fraction of sp³-hybridized carbons (Fsp3) is 0.125. The van der Waals surface area contributed by atoms with Crippen LogP contribution in [0, 0.1) is 17.0 Å². The Morgan fingerprint density at radius 1 is 1.44 bits per heavy atom. The smallest absolute Gasteiger partial charge is 0.290 e. The number of rotatable bonds is 3. The Balaban J connectivity index is 3.79. The zero-order valence-corrected chi connectivity index (χ0v) is 9.02. The van der Waals surface area contributed by atoms with Crippen LogP contribution in [0.1, 0.15) is 15.9 Å². The van der Waals surface area contributed by atoms with Crippen molar-refractivity contribution in [1.82, 2.24) is 0 Å². The van der Waals surface area contributed by atoms with Gasteiger partial charge in [0.25, 0.3) is 5.69 Å². The highest BCUT2D eigenvalue weighted by Gasteiger charge is 2.27. The summed E-state index contributed by atoms with van der Waals surface area (Å²) in [6.07, 6.45) is 0.222. The van der Waals surface area contributed by atoms with E-state index in [-0.39, 0.29) is 11.8 Å². The van der Waals surface area contributed by atoms with E-state index in [1.807, 2.05) is 0 Å². The molecule has 7 nitrogen and oxygen atoms in total. The molecule has 1 rings (SSSR count). The van der Waals surface area contributed by atoms with Gasteiger partial charge in [-0.1, -0.05) is 0 Å². The monoisotopic (exact) mass is 244 g/mol. The van der Waals surface area contributed by atoms with Gasteiger partial charge in [0.05, 0.1) is 4.92 Å². The molecule has 0 aliphatic heterocycles. The molecule has 8 heteroatoms. The van der Waals surface area contributed by atoms with Gasteiger partial charge in [-0.3, -0.25) is 14.9 Å². The van der Waals surface area contributed by atoms with Gasteiger partial charge in [0, 0.05) is 11.6 Å². The quantitative estimate of drug-likeness (QED) is 0.467. The molecule has 0 atom stereocenters. The van der Waals surface area contributed by atoms with Gasteiger partial charge >= 0.3 is 0 Å². The minimum atomic E-state index is -4.31. The zero-order valence-electron chi connectivity index (χ0n) is 8.21. The Hall–Kier alpha value is -1.80. The van der Waals surface area contributed by atoms with E-state index in [4.69, 9.17) is 5.14 Å². The van der Waals surface area contributed by atoms with Crippen LogP contribution in [-0.4, -0.2) is 19.6 Å².